The lowest BCUT2D eigenvalue weighted by molar-refractivity contribution is -0.125. The molecular weight excluding hydrogens is 354 g/mol. The van der Waals surface area contributed by atoms with E-state index in [1.165, 1.54) is 43.3 Å². The standard InChI is InChI=1S/C18H27N3O4S/c1-18(8-10-19-11-9-18)13-20-17(23)14-4-6-15(7-5-14)26(24,25)12-16(22)21(2)3/h4-7,19H,8-13H2,1-3H3,(H,20,23). The summed E-state index contributed by atoms with van der Waals surface area (Å²) in [6.45, 7) is 4.64. The number of nitrogens with one attached hydrogen (secondary N) is 2. The molecule has 0 bridgehead atoms. The maximum atomic E-state index is 12.3. The zero-order valence-corrected chi connectivity index (χ0v) is 16.4. The fraction of sp³-hybridized carbons (Fsp3) is 0.556. The summed E-state index contributed by atoms with van der Waals surface area (Å²) in [5.41, 5.74) is 0.483. The minimum atomic E-state index is -3.72. The number of nitrogens with zero attached hydrogens (tertiary/aromatic N) is 1. The molecule has 1 aliphatic heterocycles. The highest BCUT2D eigenvalue weighted by molar-refractivity contribution is 7.92. The predicted octanol–water partition coefficient (Wildman–Crippen LogP) is 0.668. The highest BCUT2D eigenvalue weighted by atomic mass is 32.2. The van der Waals surface area contributed by atoms with Crippen LogP contribution in [0.5, 0.6) is 0 Å². The summed E-state index contributed by atoms with van der Waals surface area (Å²) in [5.74, 6) is -1.29. The number of piperidine rings is 1. The molecule has 1 heterocycles. The molecule has 1 fully saturated rings. The Kier molecular flexibility index (Phi) is 6.41. The van der Waals surface area contributed by atoms with Crippen molar-refractivity contribution in [3.8, 4) is 0 Å². The maximum Gasteiger partial charge on any atom is 0.251 e. The van der Waals surface area contributed by atoms with Gasteiger partial charge in [0.05, 0.1) is 4.90 Å². The van der Waals surface area contributed by atoms with Crippen molar-refractivity contribution in [2.75, 3.05) is 39.5 Å². The van der Waals surface area contributed by atoms with E-state index < -0.39 is 21.5 Å². The zero-order chi connectivity index (χ0) is 19.4. The molecule has 0 unspecified atom stereocenters. The van der Waals surface area contributed by atoms with Gasteiger partial charge in [-0.15, -0.1) is 0 Å². The van der Waals surface area contributed by atoms with Crippen molar-refractivity contribution in [1.29, 1.82) is 0 Å². The normalized spacial score (nSPS) is 16.7. The second-order valence-electron chi connectivity index (χ2n) is 7.31. The summed E-state index contributed by atoms with van der Waals surface area (Å²) in [4.78, 5) is 25.2. The summed E-state index contributed by atoms with van der Waals surface area (Å²) in [5, 5.41) is 6.24. The molecule has 1 saturated heterocycles. The summed E-state index contributed by atoms with van der Waals surface area (Å²) < 4.78 is 24.5. The second kappa shape index (κ2) is 8.18. The van der Waals surface area contributed by atoms with E-state index in [-0.39, 0.29) is 16.2 Å². The molecule has 1 aliphatic rings. The first-order valence-electron chi connectivity index (χ1n) is 8.65. The molecule has 2 N–H and O–H groups in total. The van der Waals surface area contributed by atoms with Crippen LogP contribution in [0, 0.1) is 5.41 Å². The molecule has 8 heteroatoms. The van der Waals surface area contributed by atoms with Crippen LogP contribution in [-0.4, -0.2) is 64.6 Å². The molecule has 0 aromatic heterocycles. The summed E-state index contributed by atoms with van der Waals surface area (Å²) in [6, 6.07) is 5.71. The fourth-order valence-electron chi connectivity index (χ4n) is 2.79. The third-order valence-corrected chi connectivity index (χ3v) is 6.39. The average molecular weight is 381 g/mol. The van der Waals surface area contributed by atoms with Crippen molar-refractivity contribution in [3.05, 3.63) is 29.8 Å². The molecule has 1 aromatic carbocycles. The Hall–Kier alpha value is -1.93. The topological polar surface area (TPSA) is 95.6 Å². The third kappa shape index (κ3) is 5.28. The number of carbonyl (C=O) groups excluding carboxylic acids is 2. The van der Waals surface area contributed by atoms with E-state index in [0.717, 1.165) is 25.9 Å². The molecule has 0 radical (unpaired) electrons. The lowest BCUT2D eigenvalue weighted by atomic mass is 9.81. The number of hydrogen-bond acceptors (Lipinski definition) is 5. The van der Waals surface area contributed by atoms with Crippen molar-refractivity contribution < 1.29 is 18.0 Å². The Morgan fingerprint density at radius 2 is 1.73 bits per heavy atom. The van der Waals surface area contributed by atoms with Crippen LogP contribution in [0.3, 0.4) is 0 Å². The predicted molar refractivity (Wildman–Crippen MR) is 99.7 cm³/mol. The smallest absolute Gasteiger partial charge is 0.251 e. The van der Waals surface area contributed by atoms with Crippen LogP contribution in [-0.2, 0) is 14.6 Å². The monoisotopic (exact) mass is 381 g/mol. The molecule has 2 amide bonds. The van der Waals surface area contributed by atoms with E-state index in [4.69, 9.17) is 0 Å². The second-order valence-corrected chi connectivity index (χ2v) is 9.30. The van der Waals surface area contributed by atoms with Crippen molar-refractivity contribution in [1.82, 2.24) is 15.5 Å². The van der Waals surface area contributed by atoms with Crippen molar-refractivity contribution in [2.24, 2.45) is 5.41 Å². The number of hydrogen-bond donors (Lipinski definition) is 2. The van der Waals surface area contributed by atoms with Gasteiger partial charge in [-0.1, -0.05) is 6.92 Å². The molecule has 0 saturated carbocycles. The van der Waals surface area contributed by atoms with Crippen LogP contribution >= 0.6 is 0 Å². The number of rotatable bonds is 6. The summed E-state index contributed by atoms with van der Waals surface area (Å²) in [7, 11) is -0.700. The highest BCUT2D eigenvalue weighted by Gasteiger charge is 2.27. The quantitative estimate of drug-likeness (QED) is 0.755. The number of benzene rings is 1. The Morgan fingerprint density at radius 1 is 1.15 bits per heavy atom. The van der Waals surface area contributed by atoms with Crippen LogP contribution in [0.1, 0.15) is 30.1 Å². The lowest BCUT2D eigenvalue weighted by Gasteiger charge is -2.34. The average Bonchev–Trinajstić information content (AvgIpc) is 2.60. The van der Waals surface area contributed by atoms with Crippen LogP contribution in [0.25, 0.3) is 0 Å². The molecular formula is C18H27N3O4S. The molecule has 7 nitrogen and oxygen atoms in total. The van der Waals surface area contributed by atoms with E-state index in [1.54, 1.807) is 0 Å². The van der Waals surface area contributed by atoms with E-state index in [2.05, 4.69) is 17.6 Å². The number of carbonyl (C=O) groups is 2. The minimum Gasteiger partial charge on any atom is -0.351 e. The van der Waals surface area contributed by atoms with Crippen molar-refractivity contribution >= 4 is 21.7 Å². The Balaban J connectivity index is 1.99. The van der Waals surface area contributed by atoms with Gasteiger partial charge in [0, 0.05) is 26.2 Å². The van der Waals surface area contributed by atoms with Gasteiger partial charge in [0.2, 0.25) is 5.91 Å². The highest BCUT2D eigenvalue weighted by Crippen LogP contribution is 2.26. The number of amides is 2. The first kappa shape index (κ1) is 20.4. The first-order valence-corrected chi connectivity index (χ1v) is 10.3. The van der Waals surface area contributed by atoms with E-state index in [9.17, 15) is 18.0 Å². The summed E-state index contributed by atoms with van der Waals surface area (Å²) >= 11 is 0. The van der Waals surface area contributed by atoms with Crippen LogP contribution in [0.15, 0.2) is 29.2 Å². The Morgan fingerprint density at radius 3 is 2.27 bits per heavy atom. The van der Waals surface area contributed by atoms with E-state index in [1.807, 2.05) is 0 Å². The van der Waals surface area contributed by atoms with Crippen LogP contribution in [0.4, 0.5) is 0 Å². The van der Waals surface area contributed by atoms with Gasteiger partial charge in [0.25, 0.3) is 5.91 Å². The van der Waals surface area contributed by atoms with Crippen LogP contribution in [0.2, 0.25) is 0 Å². The van der Waals surface area contributed by atoms with Gasteiger partial charge in [-0.2, -0.15) is 0 Å². The molecule has 0 atom stereocenters. The molecule has 144 valence electrons. The zero-order valence-electron chi connectivity index (χ0n) is 15.5. The molecule has 0 spiro atoms. The van der Waals surface area contributed by atoms with Crippen molar-refractivity contribution in [2.45, 2.75) is 24.7 Å². The van der Waals surface area contributed by atoms with Crippen LogP contribution < -0.4 is 10.6 Å². The largest absolute Gasteiger partial charge is 0.351 e. The number of sulfone groups is 1. The molecule has 0 aliphatic carbocycles. The first-order chi connectivity index (χ1) is 12.1. The SMILES string of the molecule is CN(C)C(=O)CS(=O)(=O)c1ccc(C(=O)NCC2(C)CCNCC2)cc1. The third-order valence-electron chi connectivity index (χ3n) is 4.77. The van der Waals surface area contributed by atoms with Gasteiger partial charge in [-0.05, 0) is 55.6 Å². The Labute approximate surface area is 155 Å². The van der Waals surface area contributed by atoms with Crippen molar-refractivity contribution in [3.63, 3.8) is 0 Å². The van der Waals surface area contributed by atoms with E-state index >= 15 is 0 Å². The fourth-order valence-corrected chi connectivity index (χ4v) is 4.09. The summed E-state index contributed by atoms with van der Waals surface area (Å²) in [6.07, 6.45) is 2.01. The molecule has 2 rings (SSSR count). The maximum absolute atomic E-state index is 12.3. The van der Waals surface area contributed by atoms with Gasteiger partial charge in [0.1, 0.15) is 5.75 Å². The van der Waals surface area contributed by atoms with Gasteiger partial charge in [-0.25, -0.2) is 8.42 Å². The lowest BCUT2D eigenvalue weighted by Crippen LogP contribution is -2.42. The minimum absolute atomic E-state index is 0.0366. The Bertz CT molecular complexity index is 751. The van der Waals surface area contributed by atoms with Gasteiger partial charge in [0.15, 0.2) is 9.84 Å². The van der Waals surface area contributed by atoms with E-state index in [0.29, 0.717) is 12.1 Å². The molecule has 1 aromatic rings. The van der Waals surface area contributed by atoms with Gasteiger partial charge < -0.3 is 15.5 Å². The van der Waals surface area contributed by atoms with Gasteiger partial charge >= 0.3 is 0 Å². The molecule has 26 heavy (non-hydrogen) atoms. The van der Waals surface area contributed by atoms with Gasteiger partial charge in [-0.3, -0.25) is 9.59 Å².